The van der Waals surface area contributed by atoms with Gasteiger partial charge in [0.05, 0.1) is 0 Å². The number of nitrogens with zero attached hydrogens (tertiary/aromatic N) is 1. The number of halogens is 2. The van der Waals surface area contributed by atoms with E-state index in [2.05, 4.69) is 25.9 Å². The van der Waals surface area contributed by atoms with Crippen molar-refractivity contribution in [3.05, 3.63) is 35.8 Å². The summed E-state index contributed by atoms with van der Waals surface area (Å²) in [7, 11) is 0. The average molecular weight is 529 g/mol. The van der Waals surface area contributed by atoms with Crippen LogP contribution in [0.1, 0.15) is 44.6 Å². The van der Waals surface area contributed by atoms with E-state index in [1.165, 1.54) is 31.4 Å². The number of amides is 1. The molecule has 1 fully saturated rings. The van der Waals surface area contributed by atoms with Crippen LogP contribution in [0.25, 0.3) is 10.9 Å². The van der Waals surface area contributed by atoms with Crippen LogP contribution in [-0.2, 0) is 11.2 Å². The molecule has 1 saturated carbocycles. The zero-order chi connectivity index (χ0) is 20.5. The van der Waals surface area contributed by atoms with Crippen LogP contribution in [0.4, 0.5) is 4.39 Å². The van der Waals surface area contributed by atoms with Crippen LogP contribution in [0.15, 0.2) is 29.4 Å². The Balaban J connectivity index is 0.00000320. The van der Waals surface area contributed by atoms with Crippen molar-refractivity contribution in [3.63, 3.8) is 0 Å². The normalized spacial score (nSPS) is 14.9. The van der Waals surface area contributed by atoms with Crippen molar-refractivity contribution in [2.24, 2.45) is 10.9 Å². The fourth-order valence-corrected chi connectivity index (χ4v) is 3.87. The summed E-state index contributed by atoms with van der Waals surface area (Å²) in [5.74, 6) is 0.878. The predicted octanol–water partition coefficient (Wildman–Crippen LogP) is 3.72. The van der Waals surface area contributed by atoms with Gasteiger partial charge in [-0.1, -0.05) is 19.3 Å². The standard InChI is InChI=1S/C22H32FN5O.HI/c1-2-24-22(27-13-12-25-21(29)16-6-4-3-5-7-16)26-11-10-17-15-28-20-14-18(23)8-9-19(17)20;/h8-9,14-16,28H,2-7,10-13H2,1H3,(H,25,29)(H2,24,26,27);1H. The van der Waals surface area contributed by atoms with Gasteiger partial charge in [-0.3, -0.25) is 9.79 Å². The molecular formula is C22H33FIN5O. The van der Waals surface area contributed by atoms with Gasteiger partial charge in [0.1, 0.15) is 5.82 Å². The smallest absolute Gasteiger partial charge is 0.223 e. The maximum atomic E-state index is 13.3. The van der Waals surface area contributed by atoms with Gasteiger partial charge in [-0.15, -0.1) is 24.0 Å². The van der Waals surface area contributed by atoms with E-state index in [4.69, 9.17) is 0 Å². The second kappa shape index (κ2) is 12.8. The summed E-state index contributed by atoms with van der Waals surface area (Å²) in [6.45, 7) is 4.64. The zero-order valence-corrected chi connectivity index (χ0v) is 19.9. The van der Waals surface area contributed by atoms with Crippen molar-refractivity contribution in [1.82, 2.24) is 20.9 Å². The van der Waals surface area contributed by atoms with E-state index < -0.39 is 0 Å². The number of rotatable bonds is 8. The minimum atomic E-state index is -0.238. The maximum absolute atomic E-state index is 13.3. The van der Waals surface area contributed by atoms with Gasteiger partial charge in [-0.25, -0.2) is 4.39 Å². The Morgan fingerprint density at radius 1 is 1.17 bits per heavy atom. The molecule has 1 aromatic carbocycles. The monoisotopic (exact) mass is 529 g/mol. The fraction of sp³-hybridized carbons (Fsp3) is 0.545. The number of fused-ring (bicyclic) bond motifs is 1. The molecule has 8 heteroatoms. The molecule has 3 rings (SSSR count). The minimum absolute atomic E-state index is 0. The summed E-state index contributed by atoms with van der Waals surface area (Å²) < 4.78 is 13.3. The lowest BCUT2D eigenvalue weighted by molar-refractivity contribution is -0.125. The van der Waals surface area contributed by atoms with Crippen molar-refractivity contribution in [2.75, 3.05) is 26.2 Å². The van der Waals surface area contributed by atoms with Gasteiger partial charge in [0.2, 0.25) is 5.91 Å². The minimum Gasteiger partial charge on any atom is -0.361 e. The molecule has 0 saturated heterocycles. The molecule has 166 valence electrons. The molecule has 0 bridgehead atoms. The molecule has 4 N–H and O–H groups in total. The number of aliphatic imine (C=N–C) groups is 1. The van der Waals surface area contributed by atoms with Gasteiger partial charge in [0, 0.05) is 49.2 Å². The molecule has 2 aromatic rings. The summed E-state index contributed by atoms with van der Waals surface area (Å²) >= 11 is 0. The third-order valence-electron chi connectivity index (χ3n) is 5.42. The molecule has 0 atom stereocenters. The van der Waals surface area contributed by atoms with E-state index in [1.54, 1.807) is 6.07 Å². The van der Waals surface area contributed by atoms with Gasteiger partial charge in [-0.05, 0) is 49.9 Å². The lowest BCUT2D eigenvalue weighted by atomic mass is 9.89. The first-order valence-corrected chi connectivity index (χ1v) is 10.7. The number of guanidine groups is 1. The largest absolute Gasteiger partial charge is 0.361 e. The summed E-state index contributed by atoms with van der Waals surface area (Å²) in [4.78, 5) is 19.9. The number of aromatic amines is 1. The van der Waals surface area contributed by atoms with Crippen LogP contribution in [-0.4, -0.2) is 43.0 Å². The maximum Gasteiger partial charge on any atom is 0.223 e. The van der Waals surface area contributed by atoms with Gasteiger partial charge >= 0.3 is 0 Å². The first-order chi connectivity index (χ1) is 14.2. The second-order valence-electron chi connectivity index (χ2n) is 7.57. The summed E-state index contributed by atoms with van der Waals surface area (Å²) in [6, 6.07) is 4.80. The molecule has 0 radical (unpaired) electrons. The van der Waals surface area contributed by atoms with Gasteiger partial charge < -0.3 is 20.9 Å². The number of aromatic nitrogens is 1. The number of hydrogen-bond acceptors (Lipinski definition) is 2. The molecule has 0 unspecified atom stereocenters. The summed E-state index contributed by atoms with van der Waals surface area (Å²) in [6.07, 6.45) is 8.30. The van der Waals surface area contributed by atoms with Crippen molar-refractivity contribution in [1.29, 1.82) is 0 Å². The number of benzene rings is 1. The van der Waals surface area contributed by atoms with Crippen molar-refractivity contribution >= 4 is 46.7 Å². The zero-order valence-electron chi connectivity index (χ0n) is 17.6. The van der Waals surface area contributed by atoms with Crippen molar-refractivity contribution < 1.29 is 9.18 Å². The number of carbonyl (C=O) groups is 1. The molecular weight excluding hydrogens is 496 g/mol. The molecule has 1 heterocycles. The van der Waals surface area contributed by atoms with E-state index in [9.17, 15) is 9.18 Å². The highest BCUT2D eigenvalue weighted by molar-refractivity contribution is 14.0. The van der Waals surface area contributed by atoms with E-state index in [1.807, 2.05) is 13.1 Å². The lowest BCUT2D eigenvalue weighted by Crippen LogP contribution is -2.42. The highest BCUT2D eigenvalue weighted by Crippen LogP contribution is 2.23. The lowest BCUT2D eigenvalue weighted by Gasteiger charge is -2.21. The predicted molar refractivity (Wildman–Crippen MR) is 131 cm³/mol. The molecule has 1 aromatic heterocycles. The van der Waals surface area contributed by atoms with E-state index in [0.717, 1.165) is 48.2 Å². The first-order valence-electron chi connectivity index (χ1n) is 10.7. The number of carbonyl (C=O) groups excluding carboxylic acids is 1. The topological polar surface area (TPSA) is 81.3 Å². The third-order valence-corrected chi connectivity index (χ3v) is 5.42. The Bertz CT molecular complexity index is 832. The van der Waals surface area contributed by atoms with E-state index in [0.29, 0.717) is 19.6 Å². The Morgan fingerprint density at radius 3 is 2.70 bits per heavy atom. The quantitative estimate of drug-likeness (QED) is 0.182. The van der Waals surface area contributed by atoms with Gasteiger partial charge in [0.15, 0.2) is 5.96 Å². The molecule has 1 aliphatic rings. The Labute approximate surface area is 194 Å². The van der Waals surface area contributed by atoms with Gasteiger partial charge in [-0.2, -0.15) is 0 Å². The Kier molecular flexibility index (Phi) is 10.4. The van der Waals surface area contributed by atoms with Crippen LogP contribution in [0.3, 0.4) is 0 Å². The SMILES string of the molecule is CCNC(=NCCc1c[nH]c2cc(F)ccc12)NCCNC(=O)C1CCCCC1.I. The average Bonchev–Trinajstić information content (AvgIpc) is 3.13. The summed E-state index contributed by atoms with van der Waals surface area (Å²) in [5, 5.41) is 10.6. The van der Waals surface area contributed by atoms with Crippen molar-refractivity contribution in [3.8, 4) is 0 Å². The van der Waals surface area contributed by atoms with Gasteiger partial charge in [0.25, 0.3) is 0 Å². The van der Waals surface area contributed by atoms with E-state index in [-0.39, 0.29) is 41.6 Å². The highest BCUT2D eigenvalue weighted by atomic mass is 127. The van der Waals surface area contributed by atoms with Crippen LogP contribution >= 0.6 is 24.0 Å². The fourth-order valence-electron chi connectivity index (χ4n) is 3.87. The molecule has 1 aliphatic carbocycles. The van der Waals surface area contributed by atoms with E-state index >= 15 is 0 Å². The van der Waals surface area contributed by atoms with Crippen molar-refractivity contribution in [2.45, 2.75) is 45.4 Å². The number of hydrogen-bond donors (Lipinski definition) is 4. The highest BCUT2D eigenvalue weighted by Gasteiger charge is 2.20. The molecule has 1 amide bonds. The summed E-state index contributed by atoms with van der Waals surface area (Å²) in [5.41, 5.74) is 1.93. The Hall–Kier alpha value is -1.84. The first kappa shape index (κ1) is 24.4. The third kappa shape index (κ3) is 7.14. The van der Waals surface area contributed by atoms with Crippen LogP contribution in [0, 0.1) is 11.7 Å². The van der Waals surface area contributed by atoms with Crippen LogP contribution in [0.5, 0.6) is 0 Å². The molecule has 0 spiro atoms. The molecule has 6 nitrogen and oxygen atoms in total. The number of nitrogens with one attached hydrogen (secondary N) is 4. The van der Waals surface area contributed by atoms with Crippen LogP contribution in [0.2, 0.25) is 0 Å². The molecule has 30 heavy (non-hydrogen) atoms. The second-order valence-corrected chi connectivity index (χ2v) is 7.57. The number of H-pyrrole nitrogens is 1. The molecule has 0 aliphatic heterocycles. The van der Waals surface area contributed by atoms with Crippen LogP contribution < -0.4 is 16.0 Å². The Morgan fingerprint density at radius 2 is 1.93 bits per heavy atom.